The zero-order valence-corrected chi connectivity index (χ0v) is 22.2. The minimum absolute atomic E-state index is 0.259. The molecule has 0 aliphatic carbocycles. The molecule has 0 radical (unpaired) electrons. The van der Waals surface area contributed by atoms with Crippen LogP contribution >= 0.6 is 0 Å². The summed E-state index contributed by atoms with van der Waals surface area (Å²) in [5, 5.41) is 10.7. The van der Waals surface area contributed by atoms with Crippen LogP contribution in [-0.2, 0) is 22.7 Å². The highest BCUT2D eigenvalue weighted by atomic mass is 16.2. The molecule has 0 atom stereocenters. The van der Waals surface area contributed by atoms with Gasteiger partial charge in [-0.3, -0.25) is 9.59 Å². The molecule has 0 bridgehead atoms. The number of amides is 2. The molecule has 8 rings (SSSR count). The third-order valence-corrected chi connectivity index (χ3v) is 8.43. The van der Waals surface area contributed by atoms with Crippen molar-refractivity contribution >= 4 is 66.8 Å². The molecule has 0 fully saturated rings. The zero-order chi connectivity index (χ0) is 27.1. The Kier molecular flexibility index (Phi) is 4.68. The fourth-order valence-corrected chi connectivity index (χ4v) is 6.86. The fourth-order valence-electron chi connectivity index (χ4n) is 6.86. The van der Waals surface area contributed by atoms with E-state index in [1.807, 2.05) is 48.5 Å². The average molecular weight is 523 g/mol. The standard InChI is InChI=1S/C34H26N4O2/c1-3-37-25-17-7-5-11-19(25)21-13-9-15-23(31(21)37)29-27-28(34(40)35-29)30(36-33(27)39)24-16-10-14-22-20-12-6-8-18-26(20)38(4-2)32(22)24/h5-18H,3-4H2,1-2H3,(H,35,40)(H,36,39). The van der Waals surface area contributed by atoms with E-state index < -0.39 is 0 Å². The van der Waals surface area contributed by atoms with Crippen molar-refractivity contribution in [1.29, 1.82) is 0 Å². The SMILES string of the molecule is CCn1c2ccccc2c2cccc(C3=C4C(=O)NC(c5cccc6c7ccccc7n(CC)c56)=C4C(=O)N3)c21. The molecule has 0 unspecified atom stereocenters. The van der Waals surface area contributed by atoms with Gasteiger partial charge in [0.05, 0.1) is 33.6 Å². The Balaban J connectivity index is 1.43. The van der Waals surface area contributed by atoms with Crippen LogP contribution in [-0.4, -0.2) is 20.9 Å². The number of hydrogen-bond donors (Lipinski definition) is 2. The summed E-state index contributed by atoms with van der Waals surface area (Å²) in [7, 11) is 0. The molecule has 6 heteroatoms. The second-order valence-electron chi connectivity index (χ2n) is 10.3. The second-order valence-corrected chi connectivity index (χ2v) is 10.3. The predicted octanol–water partition coefficient (Wildman–Crippen LogP) is 6.32. The molecular weight excluding hydrogens is 496 g/mol. The first kappa shape index (κ1) is 22.8. The minimum Gasteiger partial charge on any atom is -0.340 e. The summed E-state index contributed by atoms with van der Waals surface area (Å²) in [6.45, 7) is 5.77. The van der Waals surface area contributed by atoms with Gasteiger partial charge in [-0.05, 0) is 26.0 Å². The molecule has 194 valence electrons. The molecule has 0 spiro atoms. The third kappa shape index (κ3) is 2.82. The number of benzene rings is 4. The molecular formula is C34H26N4O2. The molecule has 4 aromatic carbocycles. The lowest BCUT2D eigenvalue weighted by molar-refractivity contribution is -0.117. The normalized spacial score (nSPS) is 15.2. The highest BCUT2D eigenvalue weighted by Gasteiger charge is 2.42. The molecule has 4 heterocycles. The quantitative estimate of drug-likeness (QED) is 0.284. The maximum absolute atomic E-state index is 13.7. The van der Waals surface area contributed by atoms with Crippen molar-refractivity contribution in [1.82, 2.24) is 19.8 Å². The summed E-state index contributed by atoms with van der Waals surface area (Å²) in [4.78, 5) is 27.4. The summed E-state index contributed by atoms with van der Waals surface area (Å²) in [6.07, 6.45) is 0. The Hall–Kier alpha value is -5.10. The number of aryl methyl sites for hydroxylation is 2. The summed E-state index contributed by atoms with van der Waals surface area (Å²) < 4.78 is 4.52. The maximum atomic E-state index is 13.7. The van der Waals surface area contributed by atoms with Gasteiger partial charge >= 0.3 is 0 Å². The van der Waals surface area contributed by atoms with Crippen LogP contribution in [0.25, 0.3) is 55.0 Å². The number of rotatable bonds is 4. The number of nitrogens with one attached hydrogen (secondary N) is 2. The number of aromatic nitrogens is 2. The van der Waals surface area contributed by atoms with Gasteiger partial charge < -0.3 is 19.8 Å². The van der Waals surface area contributed by atoms with E-state index in [2.05, 4.69) is 70.0 Å². The largest absolute Gasteiger partial charge is 0.340 e. The number of nitrogens with zero attached hydrogens (tertiary/aromatic N) is 2. The molecule has 0 saturated heterocycles. The topological polar surface area (TPSA) is 68.1 Å². The van der Waals surface area contributed by atoms with Gasteiger partial charge in [0, 0.05) is 56.8 Å². The Morgan fingerprint density at radius 2 is 0.925 bits per heavy atom. The van der Waals surface area contributed by atoms with E-state index >= 15 is 0 Å². The molecule has 2 aliphatic rings. The predicted molar refractivity (Wildman–Crippen MR) is 160 cm³/mol. The molecule has 2 amide bonds. The highest BCUT2D eigenvalue weighted by Crippen LogP contribution is 2.43. The average Bonchev–Trinajstić information content (AvgIpc) is 3.71. The van der Waals surface area contributed by atoms with E-state index in [0.29, 0.717) is 22.5 Å². The van der Waals surface area contributed by atoms with Crippen LogP contribution in [0.2, 0.25) is 0 Å². The van der Waals surface area contributed by atoms with Gasteiger partial charge in [0.2, 0.25) is 0 Å². The van der Waals surface area contributed by atoms with E-state index in [-0.39, 0.29) is 11.8 Å². The van der Waals surface area contributed by atoms with Crippen LogP contribution in [0, 0.1) is 0 Å². The van der Waals surface area contributed by atoms with E-state index in [9.17, 15) is 9.59 Å². The Morgan fingerprint density at radius 1 is 0.525 bits per heavy atom. The van der Waals surface area contributed by atoms with Crippen molar-refractivity contribution < 1.29 is 9.59 Å². The highest BCUT2D eigenvalue weighted by molar-refractivity contribution is 6.32. The molecule has 6 aromatic rings. The number of carbonyl (C=O) groups excluding carboxylic acids is 2. The Labute approximate surface area is 230 Å². The lowest BCUT2D eigenvalue weighted by Crippen LogP contribution is -2.22. The van der Waals surface area contributed by atoms with Gasteiger partial charge in [0.25, 0.3) is 11.8 Å². The van der Waals surface area contributed by atoms with Gasteiger partial charge in [0.1, 0.15) is 0 Å². The van der Waals surface area contributed by atoms with Crippen LogP contribution < -0.4 is 10.6 Å². The minimum atomic E-state index is -0.259. The second kappa shape index (κ2) is 8.20. The van der Waals surface area contributed by atoms with Gasteiger partial charge in [-0.2, -0.15) is 0 Å². The van der Waals surface area contributed by atoms with Crippen LogP contribution in [0.3, 0.4) is 0 Å². The van der Waals surface area contributed by atoms with Crippen LogP contribution in [0.15, 0.2) is 96.1 Å². The Morgan fingerprint density at radius 3 is 1.35 bits per heavy atom. The van der Waals surface area contributed by atoms with E-state index in [4.69, 9.17) is 0 Å². The molecule has 0 saturated carbocycles. The third-order valence-electron chi connectivity index (χ3n) is 8.43. The first-order valence-corrected chi connectivity index (χ1v) is 13.7. The summed E-state index contributed by atoms with van der Waals surface area (Å²) in [6, 6.07) is 28.9. The van der Waals surface area contributed by atoms with Gasteiger partial charge in [-0.15, -0.1) is 0 Å². The molecule has 2 aliphatic heterocycles. The van der Waals surface area contributed by atoms with E-state index in [1.54, 1.807) is 0 Å². The van der Waals surface area contributed by atoms with Crippen molar-refractivity contribution in [3.63, 3.8) is 0 Å². The smallest absolute Gasteiger partial charge is 0.258 e. The van der Waals surface area contributed by atoms with Crippen molar-refractivity contribution in [2.75, 3.05) is 0 Å². The van der Waals surface area contributed by atoms with Crippen LogP contribution in [0.1, 0.15) is 25.0 Å². The van der Waals surface area contributed by atoms with Crippen LogP contribution in [0.5, 0.6) is 0 Å². The molecule has 6 nitrogen and oxygen atoms in total. The summed E-state index contributed by atoms with van der Waals surface area (Å²) >= 11 is 0. The fraction of sp³-hybridized carbons (Fsp3) is 0.118. The number of fused-ring (bicyclic) bond motifs is 7. The maximum Gasteiger partial charge on any atom is 0.258 e. The number of carbonyl (C=O) groups is 2. The van der Waals surface area contributed by atoms with Crippen molar-refractivity contribution in [2.24, 2.45) is 0 Å². The summed E-state index contributed by atoms with van der Waals surface area (Å²) in [5.41, 5.74) is 7.97. The lowest BCUT2D eigenvalue weighted by Gasteiger charge is -2.12. The zero-order valence-electron chi connectivity index (χ0n) is 22.2. The van der Waals surface area contributed by atoms with Crippen molar-refractivity contribution in [2.45, 2.75) is 26.9 Å². The Bertz CT molecular complexity index is 2020. The van der Waals surface area contributed by atoms with E-state index in [1.165, 1.54) is 0 Å². The lowest BCUT2D eigenvalue weighted by atomic mass is 9.99. The van der Waals surface area contributed by atoms with Crippen molar-refractivity contribution in [3.05, 3.63) is 107 Å². The molecule has 40 heavy (non-hydrogen) atoms. The molecule has 2 N–H and O–H groups in total. The summed E-state index contributed by atoms with van der Waals surface area (Å²) in [5.74, 6) is -0.517. The van der Waals surface area contributed by atoms with Crippen LogP contribution in [0.4, 0.5) is 0 Å². The van der Waals surface area contributed by atoms with Gasteiger partial charge in [0.15, 0.2) is 0 Å². The van der Waals surface area contributed by atoms with Crippen molar-refractivity contribution in [3.8, 4) is 0 Å². The first-order chi connectivity index (χ1) is 19.6. The first-order valence-electron chi connectivity index (χ1n) is 13.7. The van der Waals surface area contributed by atoms with E-state index in [0.717, 1.165) is 67.8 Å². The van der Waals surface area contributed by atoms with Gasteiger partial charge in [-0.25, -0.2) is 0 Å². The number of para-hydroxylation sites is 4. The monoisotopic (exact) mass is 522 g/mol. The number of hydrogen-bond acceptors (Lipinski definition) is 2. The van der Waals surface area contributed by atoms with Gasteiger partial charge in [-0.1, -0.05) is 72.8 Å². The molecule has 2 aromatic heterocycles.